The SMILES string of the molecule is CCC(Nc1c(F)cccc1Br)/C(N)=N/O. The number of benzene rings is 1. The Morgan fingerprint density at radius 2 is 2.38 bits per heavy atom. The van der Waals surface area contributed by atoms with Crippen LogP contribution in [0, 0.1) is 5.82 Å². The van der Waals surface area contributed by atoms with Crippen molar-refractivity contribution in [3.63, 3.8) is 0 Å². The predicted octanol–water partition coefficient (Wildman–Crippen LogP) is 2.53. The van der Waals surface area contributed by atoms with Crippen LogP contribution in [0.15, 0.2) is 27.8 Å². The van der Waals surface area contributed by atoms with Gasteiger partial charge in [0.15, 0.2) is 5.84 Å². The summed E-state index contributed by atoms with van der Waals surface area (Å²) in [7, 11) is 0. The average molecular weight is 290 g/mol. The van der Waals surface area contributed by atoms with Crippen LogP contribution in [-0.2, 0) is 0 Å². The van der Waals surface area contributed by atoms with E-state index in [0.29, 0.717) is 16.6 Å². The van der Waals surface area contributed by atoms with Gasteiger partial charge in [-0.15, -0.1) is 0 Å². The van der Waals surface area contributed by atoms with Gasteiger partial charge in [0.1, 0.15) is 5.82 Å². The highest BCUT2D eigenvalue weighted by Crippen LogP contribution is 2.26. The van der Waals surface area contributed by atoms with E-state index in [2.05, 4.69) is 26.4 Å². The van der Waals surface area contributed by atoms with Crippen molar-refractivity contribution in [3.8, 4) is 0 Å². The number of para-hydroxylation sites is 1. The van der Waals surface area contributed by atoms with Crippen LogP contribution < -0.4 is 11.1 Å². The molecule has 0 saturated carbocycles. The third-order valence-electron chi connectivity index (χ3n) is 2.16. The highest BCUT2D eigenvalue weighted by atomic mass is 79.9. The molecule has 0 aromatic heterocycles. The normalized spacial score (nSPS) is 13.6. The van der Waals surface area contributed by atoms with Gasteiger partial charge in [-0.2, -0.15) is 0 Å². The molecule has 88 valence electrons. The zero-order valence-corrected chi connectivity index (χ0v) is 10.3. The van der Waals surface area contributed by atoms with Gasteiger partial charge in [0, 0.05) is 4.47 Å². The van der Waals surface area contributed by atoms with E-state index in [9.17, 15) is 4.39 Å². The maximum Gasteiger partial charge on any atom is 0.161 e. The molecule has 6 heteroatoms. The van der Waals surface area contributed by atoms with E-state index in [1.54, 1.807) is 12.1 Å². The lowest BCUT2D eigenvalue weighted by atomic mass is 10.2. The lowest BCUT2D eigenvalue weighted by molar-refractivity contribution is 0.316. The largest absolute Gasteiger partial charge is 0.409 e. The molecule has 0 spiro atoms. The van der Waals surface area contributed by atoms with E-state index in [1.165, 1.54) is 6.07 Å². The zero-order valence-electron chi connectivity index (χ0n) is 8.74. The Balaban J connectivity index is 2.94. The van der Waals surface area contributed by atoms with Crippen LogP contribution in [0.1, 0.15) is 13.3 Å². The molecule has 0 radical (unpaired) electrons. The molecule has 0 amide bonds. The minimum absolute atomic E-state index is 0.0256. The smallest absolute Gasteiger partial charge is 0.161 e. The molecular weight excluding hydrogens is 277 g/mol. The molecule has 1 atom stereocenters. The third kappa shape index (κ3) is 2.85. The van der Waals surface area contributed by atoms with Crippen LogP contribution >= 0.6 is 15.9 Å². The molecule has 0 saturated heterocycles. The lowest BCUT2D eigenvalue weighted by Crippen LogP contribution is -2.35. The van der Waals surface area contributed by atoms with E-state index < -0.39 is 11.9 Å². The van der Waals surface area contributed by atoms with Crippen molar-refractivity contribution >= 4 is 27.5 Å². The molecule has 4 N–H and O–H groups in total. The minimum Gasteiger partial charge on any atom is -0.409 e. The number of oxime groups is 1. The zero-order chi connectivity index (χ0) is 12.1. The summed E-state index contributed by atoms with van der Waals surface area (Å²) in [5.74, 6) is -0.365. The van der Waals surface area contributed by atoms with Gasteiger partial charge in [-0.25, -0.2) is 4.39 Å². The molecule has 0 aliphatic heterocycles. The summed E-state index contributed by atoms with van der Waals surface area (Å²) >= 11 is 3.23. The Morgan fingerprint density at radius 3 is 2.88 bits per heavy atom. The lowest BCUT2D eigenvalue weighted by Gasteiger charge is -2.18. The first kappa shape index (κ1) is 12.8. The van der Waals surface area contributed by atoms with Gasteiger partial charge in [0.2, 0.25) is 0 Å². The molecule has 0 bridgehead atoms. The second-order valence-corrected chi connectivity index (χ2v) is 4.08. The molecular formula is C10H13BrFN3O. The second kappa shape index (κ2) is 5.69. The highest BCUT2D eigenvalue weighted by Gasteiger charge is 2.15. The number of hydrogen-bond donors (Lipinski definition) is 3. The quantitative estimate of drug-likeness (QED) is 0.345. The van der Waals surface area contributed by atoms with Crippen LogP contribution in [0.2, 0.25) is 0 Å². The van der Waals surface area contributed by atoms with Crippen molar-refractivity contribution in [3.05, 3.63) is 28.5 Å². The fraction of sp³-hybridized carbons (Fsp3) is 0.300. The molecule has 16 heavy (non-hydrogen) atoms. The summed E-state index contributed by atoms with van der Waals surface area (Å²) in [6.45, 7) is 1.85. The molecule has 4 nitrogen and oxygen atoms in total. The van der Waals surface area contributed by atoms with Crippen molar-refractivity contribution in [2.45, 2.75) is 19.4 Å². The van der Waals surface area contributed by atoms with Gasteiger partial charge in [-0.05, 0) is 34.5 Å². The molecule has 0 heterocycles. The topological polar surface area (TPSA) is 70.6 Å². The maximum absolute atomic E-state index is 13.5. The molecule has 0 aliphatic rings. The van der Waals surface area contributed by atoms with Crippen molar-refractivity contribution in [2.24, 2.45) is 10.9 Å². The number of nitrogens with zero attached hydrogens (tertiary/aromatic N) is 1. The van der Waals surface area contributed by atoms with Gasteiger partial charge in [0.25, 0.3) is 0 Å². The first-order valence-corrected chi connectivity index (χ1v) is 5.57. The maximum atomic E-state index is 13.5. The molecule has 1 unspecified atom stereocenters. The number of nitrogens with two attached hydrogens (primary N) is 1. The summed E-state index contributed by atoms with van der Waals surface area (Å²) < 4.78 is 14.1. The Morgan fingerprint density at radius 1 is 1.69 bits per heavy atom. The first-order valence-electron chi connectivity index (χ1n) is 4.78. The van der Waals surface area contributed by atoms with E-state index in [-0.39, 0.29) is 5.84 Å². The highest BCUT2D eigenvalue weighted by molar-refractivity contribution is 9.10. The van der Waals surface area contributed by atoms with Crippen molar-refractivity contribution in [1.29, 1.82) is 0 Å². The second-order valence-electron chi connectivity index (χ2n) is 3.23. The van der Waals surface area contributed by atoms with Gasteiger partial charge in [-0.3, -0.25) is 0 Å². The van der Waals surface area contributed by atoms with E-state index >= 15 is 0 Å². The van der Waals surface area contributed by atoms with Gasteiger partial charge >= 0.3 is 0 Å². The summed E-state index contributed by atoms with van der Waals surface area (Å²) in [5, 5.41) is 14.4. The number of amidine groups is 1. The number of nitrogens with one attached hydrogen (secondary N) is 1. The van der Waals surface area contributed by atoms with Gasteiger partial charge in [-0.1, -0.05) is 18.1 Å². The predicted molar refractivity (Wildman–Crippen MR) is 65.2 cm³/mol. The fourth-order valence-electron chi connectivity index (χ4n) is 1.26. The van der Waals surface area contributed by atoms with Crippen molar-refractivity contribution < 1.29 is 9.60 Å². The molecule has 1 aromatic carbocycles. The molecule has 1 aromatic rings. The van der Waals surface area contributed by atoms with Crippen LogP contribution in [0.5, 0.6) is 0 Å². The van der Waals surface area contributed by atoms with Crippen LogP contribution in [-0.4, -0.2) is 17.1 Å². The minimum atomic E-state index is -0.404. The standard InChI is InChI=1S/C10H13BrFN3O/c1-2-8(10(13)15-16)14-9-6(11)4-3-5-7(9)12/h3-5,8,14,16H,2H2,1H3,(H2,13,15). The number of halogens is 2. The number of rotatable bonds is 4. The first-order chi connectivity index (χ1) is 7.60. The fourth-order valence-corrected chi connectivity index (χ4v) is 1.72. The average Bonchev–Trinajstić information content (AvgIpc) is 2.28. The van der Waals surface area contributed by atoms with Crippen molar-refractivity contribution in [1.82, 2.24) is 0 Å². The van der Waals surface area contributed by atoms with Gasteiger partial charge < -0.3 is 16.3 Å². The molecule has 0 fully saturated rings. The van der Waals surface area contributed by atoms with Crippen LogP contribution in [0.4, 0.5) is 10.1 Å². The third-order valence-corrected chi connectivity index (χ3v) is 2.82. The van der Waals surface area contributed by atoms with E-state index in [1.807, 2.05) is 6.92 Å². The van der Waals surface area contributed by atoms with Crippen molar-refractivity contribution in [2.75, 3.05) is 5.32 Å². The Kier molecular flexibility index (Phi) is 4.54. The van der Waals surface area contributed by atoms with E-state index in [4.69, 9.17) is 10.9 Å². The Bertz CT molecular complexity index is 377. The van der Waals surface area contributed by atoms with Gasteiger partial charge in [0.05, 0.1) is 11.7 Å². The summed E-state index contributed by atoms with van der Waals surface area (Å²) in [4.78, 5) is 0. The summed E-state index contributed by atoms with van der Waals surface area (Å²) in [6, 6.07) is 4.24. The van der Waals surface area contributed by atoms with Crippen LogP contribution in [0.3, 0.4) is 0 Å². The van der Waals surface area contributed by atoms with Crippen LogP contribution in [0.25, 0.3) is 0 Å². The van der Waals surface area contributed by atoms with E-state index in [0.717, 1.165) is 0 Å². The Labute approximate surface area is 101 Å². The Hall–Kier alpha value is -1.30. The summed E-state index contributed by atoms with van der Waals surface area (Å²) in [6.07, 6.45) is 0.580. The number of hydrogen-bond acceptors (Lipinski definition) is 3. The molecule has 0 aliphatic carbocycles. The summed E-state index contributed by atoms with van der Waals surface area (Å²) in [5.41, 5.74) is 5.78. The monoisotopic (exact) mass is 289 g/mol. The number of anilines is 1. The molecule has 1 rings (SSSR count).